The molecule has 0 aromatic carbocycles. The molecule has 13 heavy (non-hydrogen) atoms. The van der Waals surface area contributed by atoms with Crippen LogP contribution in [0.15, 0.2) is 16.9 Å². The fourth-order valence-electron chi connectivity index (χ4n) is 0.816. The summed E-state index contributed by atoms with van der Waals surface area (Å²) in [5, 5.41) is 0.00551. The number of rotatable bonds is 2. The third-order valence-electron chi connectivity index (χ3n) is 1.37. The molecule has 1 rings (SSSR count). The second-order valence-corrected chi connectivity index (χ2v) is 2.65. The monoisotopic (exact) mass is 201 g/mol. The normalized spacial score (nSPS) is 9.69. The summed E-state index contributed by atoms with van der Waals surface area (Å²) in [6.45, 7) is 1.96. The number of nitrogens with one attached hydrogen (secondary N) is 1. The van der Waals surface area contributed by atoms with Gasteiger partial charge in [-0.1, -0.05) is 11.6 Å². The Balaban J connectivity index is 3.02. The molecule has 0 unspecified atom stereocenters. The first-order valence-electron chi connectivity index (χ1n) is 3.71. The fraction of sp³-hybridized carbons (Fsp3) is 0.250. The third kappa shape index (κ3) is 2.32. The lowest BCUT2D eigenvalue weighted by atomic mass is 10.3. The Hall–Kier alpha value is -1.29. The zero-order valence-electron chi connectivity index (χ0n) is 6.96. The van der Waals surface area contributed by atoms with Crippen molar-refractivity contribution in [3.05, 3.63) is 33.2 Å². The van der Waals surface area contributed by atoms with Crippen LogP contribution < -0.4 is 5.56 Å². The number of esters is 1. The molecular weight excluding hydrogens is 194 g/mol. The van der Waals surface area contributed by atoms with Gasteiger partial charge in [-0.15, -0.1) is 0 Å². The largest absolute Gasteiger partial charge is 0.462 e. The van der Waals surface area contributed by atoms with Crippen molar-refractivity contribution in [3.63, 3.8) is 0 Å². The van der Waals surface area contributed by atoms with E-state index in [1.807, 2.05) is 0 Å². The van der Waals surface area contributed by atoms with Crippen LogP contribution in [0.5, 0.6) is 0 Å². The van der Waals surface area contributed by atoms with E-state index < -0.39 is 5.97 Å². The zero-order chi connectivity index (χ0) is 9.84. The van der Waals surface area contributed by atoms with Gasteiger partial charge in [-0.3, -0.25) is 4.79 Å². The number of hydrogen-bond acceptors (Lipinski definition) is 3. The van der Waals surface area contributed by atoms with Gasteiger partial charge >= 0.3 is 5.97 Å². The minimum Gasteiger partial charge on any atom is -0.462 e. The Labute approximate surface area is 79.5 Å². The summed E-state index contributed by atoms with van der Waals surface area (Å²) in [5.41, 5.74) is -0.179. The van der Waals surface area contributed by atoms with Crippen LogP contribution in [0, 0.1) is 0 Å². The highest BCUT2D eigenvalue weighted by Crippen LogP contribution is 2.10. The molecule has 70 valence electrons. The Kier molecular flexibility index (Phi) is 3.08. The number of ether oxygens (including phenoxy) is 1. The number of H-pyrrole nitrogens is 1. The van der Waals surface area contributed by atoms with Crippen LogP contribution in [0.3, 0.4) is 0 Å². The van der Waals surface area contributed by atoms with Gasteiger partial charge in [-0.25, -0.2) is 4.79 Å². The summed E-state index contributed by atoms with van der Waals surface area (Å²) in [5.74, 6) is -0.538. The summed E-state index contributed by atoms with van der Waals surface area (Å²) in [6.07, 6.45) is 0. The van der Waals surface area contributed by atoms with Crippen molar-refractivity contribution in [2.45, 2.75) is 6.92 Å². The van der Waals surface area contributed by atoms with E-state index in [2.05, 4.69) is 4.98 Å². The molecule has 1 aromatic rings. The van der Waals surface area contributed by atoms with E-state index in [0.717, 1.165) is 0 Å². The van der Waals surface area contributed by atoms with Crippen LogP contribution in [0.1, 0.15) is 17.3 Å². The van der Waals surface area contributed by atoms with Crippen LogP contribution in [0.25, 0.3) is 0 Å². The molecule has 1 heterocycles. The van der Waals surface area contributed by atoms with E-state index in [4.69, 9.17) is 16.3 Å². The molecule has 0 aliphatic heterocycles. The first-order chi connectivity index (χ1) is 6.15. The van der Waals surface area contributed by atoms with E-state index in [1.165, 1.54) is 12.1 Å². The molecule has 0 saturated heterocycles. The average molecular weight is 202 g/mol. The predicted molar refractivity (Wildman–Crippen MR) is 48.0 cm³/mol. The molecule has 0 fully saturated rings. The van der Waals surface area contributed by atoms with Gasteiger partial charge in [0.05, 0.1) is 12.2 Å². The summed E-state index contributed by atoms with van der Waals surface area (Å²) in [6, 6.07) is 2.55. The molecule has 1 N–H and O–H groups in total. The van der Waals surface area contributed by atoms with Crippen molar-refractivity contribution in [1.82, 2.24) is 4.98 Å². The molecular formula is C8H8ClNO3. The van der Waals surface area contributed by atoms with Crippen molar-refractivity contribution >= 4 is 17.6 Å². The van der Waals surface area contributed by atoms with Gasteiger partial charge in [-0.2, -0.15) is 0 Å². The van der Waals surface area contributed by atoms with Gasteiger partial charge in [0.15, 0.2) is 0 Å². The molecule has 0 saturated carbocycles. The summed E-state index contributed by atoms with van der Waals surface area (Å²) < 4.78 is 4.70. The van der Waals surface area contributed by atoms with Crippen molar-refractivity contribution in [1.29, 1.82) is 0 Å². The summed E-state index contributed by atoms with van der Waals surface area (Å²) >= 11 is 5.60. The van der Waals surface area contributed by atoms with E-state index >= 15 is 0 Å². The lowest BCUT2D eigenvalue weighted by molar-refractivity contribution is 0.0526. The van der Waals surface area contributed by atoms with E-state index in [9.17, 15) is 9.59 Å². The van der Waals surface area contributed by atoms with Crippen LogP contribution in [-0.2, 0) is 4.74 Å². The van der Waals surface area contributed by atoms with Crippen LogP contribution >= 0.6 is 11.6 Å². The molecule has 1 aromatic heterocycles. The highest BCUT2D eigenvalue weighted by atomic mass is 35.5. The Bertz CT molecular complexity index is 372. The maximum absolute atomic E-state index is 11.1. The Morgan fingerprint density at radius 1 is 1.62 bits per heavy atom. The quantitative estimate of drug-likeness (QED) is 0.578. The van der Waals surface area contributed by atoms with Gasteiger partial charge in [0.2, 0.25) is 5.56 Å². The number of aromatic amines is 1. The first kappa shape index (κ1) is 9.80. The predicted octanol–water partition coefficient (Wildman–Crippen LogP) is 1.21. The average Bonchev–Trinajstić information content (AvgIpc) is 2.04. The summed E-state index contributed by atoms with van der Waals surface area (Å²) in [7, 11) is 0. The van der Waals surface area contributed by atoms with Gasteiger partial charge < -0.3 is 9.72 Å². The minimum atomic E-state index is -0.538. The Morgan fingerprint density at radius 2 is 2.31 bits per heavy atom. The molecule has 0 aliphatic carbocycles. The maximum atomic E-state index is 11.1. The van der Waals surface area contributed by atoms with E-state index in [-0.39, 0.29) is 22.9 Å². The fourth-order valence-corrected chi connectivity index (χ4v) is 1.05. The highest BCUT2D eigenvalue weighted by molar-refractivity contribution is 6.32. The highest BCUT2D eigenvalue weighted by Gasteiger charge is 2.10. The van der Waals surface area contributed by atoms with Crippen molar-refractivity contribution in [3.8, 4) is 0 Å². The molecule has 0 amide bonds. The molecule has 0 bridgehead atoms. The minimum absolute atomic E-state index is 0.00551. The first-order valence-corrected chi connectivity index (χ1v) is 4.09. The number of carbonyl (C=O) groups excluding carboxylic acids is 1. The van der Waals surface area contributed by atoms with Gasteiger partial charge in [0, 0.05) is 6.07 Å². The molecule has 4 nitrogen and oxygen atoms in total. The van der Waals surface area contributed by atoms with Crippen molar-refractivity contribution in [2.24, 2.45) is 0 Å². The maximum Gasteiger partial charge on any atom is 0.341 e. The number of pyridine rings is 1. The van der Waals surface area contributed by atoms with Crippen LogP contribution in [0.4, 0.5) is 0 Å². The topological polar surface area (TPSA) is 59.2 Å². The molecule has 0 spiro atoms. The summed E-state index contributed by atoms with van der Waals surface area (Å²) in [4.78, 5) is 24.2. The number of halogens is 1. The second kappa shape index (κ2) is 4.09. The lowest BCUT2D eigenvalue weighted by Crippen LogP contribution is -2.11. The van der Waals surface area contributed by atoms with Crippen LogP contribution in [0.2, 0.25) is 5.15 Å². The van der Waals surface area contributed by atoms with Gasteiger partial charge in [0.25, 0.3) is 0 Å². The smallest absolute Gasteiger partial charge is 0.341 e. The standard InChI is InChI=1S/C8H8ClNO3/c1-2-13-8(12)5-3-4-6(11)10-7(5)9/h3-4H,2H2,1H3,(H,10,11). The zero-order valence-corrected chi connectivity index (χ0v) is 7.72. The number of carbonyl (C=O) groups is 1. The molecule has 5 heteroatoms. The van der Waals surface area contributed by atoms with Crippen LogP contribution in [-0.4, -0.2) is 17.6 Å². The molecule has 0 atom stereocenters. The molecule has 0 aliphatic rings. The number of aromatic nitrogens is 1. The van der Waals surface area contributed by atoms with E-state index in [1.54, 1.807) is 6.92 Å². The van der Waals surface area contributed by atoms with Crippen molar-refractivity contribution in [2.75, 3.05) is 6.61 Å². The number of hydrogen-bond donors (Lipinski definition) is 1. The third-order valence-corrected chi connectivity index (χ3v) is 1.66. The molecule has 0 radical (unpaired) electrons. The van der Waals surface area contributed by atoms with Gasteiger partial charge in [0.1, 0.15) is 5.15 Å². The SMILES string of the molecule is CCOC(=O)c1ccc(=O)[nH]c1Cl. The van der Waals surface area contributed by atoms with Gasteiger partial charge in [-0.05, 0) is 13.0 Å². The van der Waals surface area contributed by atoms with Crippen molar-refractivity contribution < 1.29 is 9.53 Å². The second-order valence-electron chi connectivity index (χ2n) is 2.27. The Morgan fingerprint density at radius 3 is 2.85 bits per heavy atom. The lowest BCUT2D eigenvalue weighted by Gasteiger charge is -2.02. The van der Waals surface area contributed by atoms with E-state index in [0.29, 0.717) is 0 Å².